The molecule has 0 spiro atoms. The zero-order valence-corrected chi connectivity index (χ0v) is 18.4. The molecule has 0 bridgehead atoms. The number of hydrogen-bond acceptors (Lipinski definition) is 6. The Balaban J connectivity index is 1.68. The molecule has 1 heterocycles. The Labute approximate surface area is 178 Å². The molecule has 0 atom stereocenters. The zero-order valence-electron chi connectivity index (χ0n) is 17.5. The molecule has 162 valence electrons. The fraction of sp³-hybridized carbons (Fsp3) is 0.381. The Kier molecular flexibility index (Phi) is 6.84. The van der Waals surface area contributed by atoms with E-state index in [9.17, 15) is 13.2 Å². The van der Waals surface area contributed by atoms with Gasteiger partial charge in [0.25, 0.3) is 0 Å². The first-order valence-electron chi connectivity index (χ1n) is 9.72. The van der Waals surface area contributed by atoms with Crippen LogP contribution in [0.1, 0.15) is 0 Å². The Morgan fingerprint density at radius 2 is 1.70 bits per heavy atom. The van der Waals surface area contributed by atoms with Crippen molar-refractivity contribution in [1.82, 2.24) is 4.90 Å². The van der Waals surface area contributed by atoms with Gasteiger partial charge in [-0.05, 0) is 43.4 Å². The molecule has 3 rings (SSSR count). The number of nitrogens with one attached hydrogen (secondary N) is 1. The lowest BCUT2D eigenvalue weighted by molar-refractivity contribution is -0.114. The molecule has 0 radical (unpaired) electrons. The summed E-state index contributed by atoms with van der Waals surface area (Å²) in [7, 11) is -0.110. The first kappa shape index (κ1) is 21.9. The Morgan fingerprint density at radius 1 is 1.07 bits per heavy atom. The van der Waals surface area contributed by atoms with Crippen LogP contribution >= 0.6 is 0 Å². The second kappa shape index (κ2) is 9.36. The number of anilines is 3. The van der Waals surface area contributed by atoms with Crippen LogP contribution in [0, 0.1) is 0 Å². The van der Waals surface area contributed by atoms with Gasteiger partial charge >= 0.3 is 0 Å². The molecular weight excluding hydrogens is 404 g/mol. The van der Waals surface area contributed by atoms with Crippen molar-refractivity contribution in [2.45, 2.75) is 0 Å². The molecule has 1 aliphatic heterocycles. The quantitative estimate of drug-likeness (QED) is 0.719. The normalized spacial score (nSPS) is 15.0. The summed E-state index contributed by atoms with van der Waals surface area (Å²) in [6, 6.07) is 14.3. The third-order valence-corrected chi connectivity index (χ3v) is 6.19. The number of rotatable bonds is 7. The second-order valence-electron chi connectivity index (χ2n) is 7.33. The Bertz CT molecular complexity index is 971. The fourth-order valence-corrected chi connectivity index (χ4v) is 4.23. The minimum absolute atomic E-state index is 0.322. The first-order valence-corrected chi connectivity index (χ1v) is 11.6. The molecule has 8 nitrogen and oxygen atoms in total. The molecule has 1 aliphatic rings. The lowest BCUT2D eigenvalue weighted by Gasteiger charge is -2.34. The molecule has 2 aromatic carbocycles. The molecule has 0 unspecified atom stereocenters. The SMILES string of the molecule is COc1ccccc1N(CC(=O)Nc1ccc(N2CCN(C)CC2)cc1)S(C)(=O)=O. The van der Waals surface area contributed by atoms with Crippen LogP contribution in [0.2, 0.25) is 0 Å². The molecule has 0 aromatic heterocycles. The number of carbonyl (C=O) groups is 1. The van der Waals surface area contributed by atoms with E-state index in [1.54, 1.807) is 24.3 Å². The van der Waals surface area contributed by atoms with Gasteiger partial charge in [0, 0.05) is 37.6 Å². The number of nitrogens with zero attached hydrogens (tertiary/aromatic N) is 3. The van der Waals surface area contributed by atoms with Gasteiger partial charge in [-0.25, -0.2) is 8.42 Å². The minimum atomic E-state index is -3.68. The largest absolute Gasteiger partial charge is 0.495 e. The maximum Gasteiger partial charge on any atom is 0.245 e. The monoisotopic (exact) mass is 432 g/mol. The third-order valence-electron chi connectivity index (χ3n) is 5.06. The van der Waals surface area contributed by atoms with Crippen LogP contribution in [0.5, 0.6) is 5.75 Å². The Hall–Kier alpha value is -2.78. The summed E-state index contributed by atoms with van der Waals surface area (Å²) in [6.45, 7) is 3.61. The standard InChI is InChI=1S/C21H28N4O4S/c1-23-12-14-24(15-13-23)18-10-8-17(9-11-18)22-21(26)16-25(30(3,27)28)19-6-4-5-7-20(19)29-2/h4-11H,12-16H2,1-3H3,(H,22,26). The maximum atomic E-state index is 12.6. The fourth-order valence-electron chi connectivity index (χ4n) is 3.37. The van der Waals surface area contributed by atoms with Gasteiger partial charge in [-0.3, -0.25) is 9.10 Å². The average molecular weight is 433 g/mol. The highest BCUT2D eigenvalue weighted by atomic mass is 32.2. The third kappa shape index (κ3) is 5.43. The number of sulfonamides is 1. The van der Waals surface area contributed by atoms with Crippen molar-refractivity contribution < 1.29 is 17.9 Å². The molecule has 9 heteroatoms. The number of hydrogen-bond donors (Lipinski definition) is 1. The van der Waals surface area contributed by atoms with Crippen molar-refractivity contribution in [2.24, 2.45) is 0 Å². The summed E-state index contributed by atoms with van der Waals surface area (Å²) in [6.07, 6.45) is 1.07. The molecule has 0 aliphatic carbocycles. The average Bonchev–Trinajstić information content (AvgIpc) is 2.72. The summed E-state index contributed by atoms with van der Waals surface area (Å²) in [5.41, 5.74) is 2.04. The van der Waals surface area contributed by atoms with E-state index in [1.165, 1.54) is 7.11 Å². The number of benzene rings is 2. The van der Waals surface area contributed by atoms with E-state index in [0.29, 0.717) is 17.1 Å². The highest BCUT2D eigenvalue weighted by Gasteiger charge is 2.24. The van der Waals surface area contributed by atoms with E-state index in [0.717, 1.165) is 42.4 Å². The van der Waals surface area contributed by atoms with E-state index in [4.69, 9.17) is 4.74 Å². The van der Waals surface area contributed by atoms with Crippen molar-refractivity contribution in [1.29, 1.82) is 0 Å². The minimum Gasteiger partial charge on any atom is -0.495 e. The van der Waals surface area contributed by atoms with Crippen LogP contribution in [0.15, 0.2) is 48.5 Å². The summed E-state index contributed by atoms with van der Waals surface area (Å²) < 4.78 is 30.9. The number of likely N-dealkylation sites (N-methyl/N-ethyl adjacent to an activating group) is 1. The molecule has 1 amide bonds. The van der Waals surface area contributed by atoms with Gasteiger partial charge in [0.1, 0.15) is 12.3 Å². The molecule has 0 saturated carbocycles. The van der Waals surface area contributed by atoms with Crippen LogP contribution in [0.4, 0.5) is 17.1 Å². The van der Waals surface area contributed by atoms with Crippen molar-refractivity contribution in [3.63, 3.8) is 0 Å². The van der Waals surface area contributed by atoms with E-state index >= 15 is 0 Å². The predicted molar refractivity (Wildman–Crippen MR) is 120 cm³/mol. The number of ether oxygens (including phenoxy) is 1. The topological polar surface area (TPSA) is 82.2 Å². The highest BCUT2D eigenvalue weighted by molar-refractivity contribution is 7.92. The maximum absolute atomic E-state index is 12.6. The van der Waals surface area contributed by atoms with Crippen molar-refractivity contribution in [3.8, 4) is 5.75 Å². The van der Waals surface area contributed by atoms with Crippen LogP contribution < -0.4 is 19.3 Å². The molecule has 1 fully saturated rings. The number of amides is 1. The van der Waals surface area contributed by atoms with Gasteiger partial charge in [0.2, 0.25) is 15.9 Å². The van der Waals surface area contributed by atoms with Crippen LogP contribution in [0.25, 0.3) is 0 Å². The van der Waals surface area contributed by atoms with E-state index < -0.39 is 15.9 Å². The van der Waals surface area contributed by atoms with Crippen molar-refractivity contribution >= 4 is 33.0 Å². The molecule has 1 saturated heterocycles. The van der Waals surface area contributed by atoms with Crippen LogP contribution in [-0.4, -0.2) is 72.4 Å². The first-order chi connectivity index (χ1) is 14.3. The van der Waals surface area contributed by atoms with Crippen LogP contribution in [0.3, 0.4) is 0 Å². The van der Waals surface area contributed by atoms with Gasteiger partial charge in [-0.2, -0.15) is 0 Å². The zero-order chi connectivity index (χ0) is 21.7. The molecular formula is C21H28N4O4S. The lowest BCUT2D eigenvalue weighted by Crippen LogP contribution is -2.44. The predicted octanol–water partition coefficient (Wildman–Crippen LogP) is 1.85. The number of piperazine rings is 1. The van der Waals surface area contributed by atoms with E-state index in [2.05, 4.69) is 22.2 Å². The number of para-hydroxylation sites is 2. The van der Waals surface area contributed by atoms with Gasteiger partial charge in [-0.1, -0.05) is 12.1 Å². The van der Waals surface area contributed by atoms with Gasteiger partial charge in [-0.15, -0.1) is 0 Å². The molecule has 30 heavy (non-hydrogen) atoms. The highest BCUT2D eigenvalue weighted by Crippen LogP contribution is 2.29. The van der Waals surface area contributed by atoms with E-state index in [1.807, 2.05) is 24.3 Å². The van der Waals surface area contributed by atoms with Gasteiger partial charge in [0.15, 0.2) is 0 Å². The lowest BCUT2D eigenvalue weighted by atomic mass is 10.2. The summed E-state index contributed by atoms with van der Waals surface area (Å²) >= 11 is 0. The van der Waals surface area contributed by atoms with Gasteiger partial charge in [0.05, 0.1) is 19.1 Å². The van der Waals surface area contributed by atoms with Crippen LogP contribution in [-0.2, 0) is 14.8 Å². The number of methoxy groups -OCH3 is 1. The molecule has 2 aromatic rings. The number of carbonyl (C=O) groups excluding carboxylic acids is 1. The van der Waals surface area contributed by atoms with E-state index in [-0.39, 0.29) is 6.54 Å². The summed E-state index contributed by atoms with van der Waals surface area (Å²) in [4.78, 5) is 17.2. The van der Waals surface area contributed by atoms with Crippen molar-refractivity contribution in [2.75, 3.05) is 67.7 Å². The second-order valence-corrected chi connectivity index (χ2v) is 9.23. The smallest absolute Gasteiger partial charge is 0.245 e. The van der Waals surface area contributed by atoms with Crippen molar-refractivity contribution in [3.05, 3.63) is 48.5 Å². The van der Waals surface area contributed by atoms with Gasteiger partial charge < -0.3 is 19.9 Å². The summed E-state index contributed by atoms with van der Waals surface area (Å²) in [5, 5.41) is 2.78. The summed E-state index contributed by atoms with van der Waals surface area (Å²) in [5.74, 6) is -0.0501. The Morgan fingerprint density at radius 3 is 2.30 bits per heavy atom. The molecule has 1 N–H and O–H groups in total.